The molecular formula is C20H34N4O. The van der Waals surface area contributed by atoms with Gasteiger partial charge in [-0.15, -0.1) is 6.58 Å². The Bertz CT molecular complexity index is 565. The highest BCUT2D eigenvalue weighted by molar-refractivity contribution is 5.79. The van der Waals surface area contributed by atoms with Crippen molar-refractivity contribution in [3.8, 4) is 0 Å². The van der Waals surface area contributed by atoms with E-state index < -0.39 is 0 Å². The first-order valence-corrected chi connectivity index (χ1v) is 9.44. The van der Waals surface area contributed by atoms with Crippen LogP contribution in [0.1, 0.15) is 45.4 Å². The van der Waals surface area contributed by atoms with Gasteiger partial charge in [-0.1, -0.05) is 18.6 Å². The zero-order valence-corrected chi connectivity index (χ0v) is 15.9. The van der Waals surface area contributed by atoms with E-state index in [0.29, 0.717) is 0 Å². The molecule has 25 heavy (non-hydrogen) atoms. The van der Waals surface area contributed by atoms with Gasteiger partial charge in [-0.2, -0.15) is 0 Å². The standard InChI is InChI=1S/C20H34N4O/c1-4-6-7-8-11-16-23(3)20(21-5-2)22-15-10-13-18-24-17-12-9-14-19(24)25/h4,9,12,14,17H,1,5-8,10-11,13,15-16,18H2,2-3H3,(H,21,22). The molecule has 0 amide bonds. The van der Waals surface area contributed by atoms with Gasteiger partial charge in [0.1, 0.15) is 0 Å². The number of nitrogens with one attached hydrogen (secondary N) is 1. The van der Waals surface area contributed by atoms with Gasteiger partial charge in [-0.05, 0) is 45.1 Å². The van der Waals surface area contributed by atoms with Crippen LogP contribution in [0.3, 0.4) is 0 Å². The number of unbranched alkanes of at least 4 members (excludes halogenated alkanes) is 4. The van der Waals surface area contributed by atoms with Crippen molar-refractivity contribution in [2.75, 3.05) is 26.7 Å². The summed E-state index contributed by atoms with van der Waals surface area (Å²) in [7, 11) is 2.10. The van der Waals surface area contributed by atoms with Crippen LogP contribution in [-0.2, 0) is 6.54 Å². The fourth-order valence-corrected chi connectivity index (χ4v) is 2.61. The van der Waals surface area contributed by atoms with Crippen molar-refractivity contribution in [2.45, 2.75) is 52.0 Å². The highest BCUT2D eigenvalue weighted by Gasteiger charge is 2.04. The summed E-state index contributed by atoms with van der Waals surface area (Å²) < 4.78 is 1.75. The molecule has 1 aromatic heterocycles. The summed E-state index contributed by atoms with van der Waals surface area (Å²) in [6.07, 6.45) is 10.5. The van der Waals surface area contributed by atoms with Crippen molar-refractivity contribution in [3.63, 3.8) is 0 Å². The molecule has 1 heterocycles. The van der Waals surface area contributed by atoms with Crippen LogP contribution >= 0.6 is 0 Å². The number of aryl methyl sites for hydroxylation is 1. The molecule has 0 saturated carbocycles. The van der Waals surface area contributed by atoms with E-state index >= 15 is 0 Å². The molecule has 0 atom stereocenters. The molecule has 0 spiro atoms. The summed E-state index contributed by atoms with van der Waals surface area (Å²) in [4.78, 5) is 18.6. The second kappa shape index (κ2) is 13.3. The lowest BCUT2D eigenvalue weighted by Gasteiger charge is -2.22. The Morgan fingerprint density at radius 2 is 2.12 bits per heavy atom. The molecule has 0 saturated heterocycles. The van der Waals surface area contributed by atoms with Gasteiger partial charge in [0.2, 0.25) is 5.56 Å². The molecule has 0 bridgehead atoms. The van der Waals surface area contributed by atoms with Crippen molar-refractivity contribution in [1.29, 1.82) is 0 Å². The molecule has 140 valence electrons. The molecule has 0 unspecified atom stereocenters. The Kier molecular flexibility index (Phi) is 11.2. The lowest BCUT2D eigenvalue weighted by molar-refractivity contribution is 0.454. The molecule has 0 aliphatic heterocycles. The van der Waals surface area contributed by atoms with Gasteiger partial charge in [0.25, 0.3) is 0 Å². The van der Waals surface area contributed by atoms with Crippen molar-refractivity contribution >= 4 is 5.96 Å². The Labute approximate surface area is 152 Å². The molecule has 5 nitrogen and oxygen atoms in total. The third kappa shape index (κ3) is 9.13. The topological polar surface area (TPSA) is 49.6 Å². The zero-order chi connectivity index (χ0) is 18.3. The average Bonchev–Trinajstić information content (AvgIpc) is 2.61. The Morgan fingerprint density at radius 3 is 2.84 bits per heavy atom. The third-order valence-corrected chi connectivity index (χ3v) is 4.07. The normalized spacial score (nSPS) is 11.4. The molecule has 1 aromatic rings. The van der Waals surface area contributed by atoms with Gasteiger partial charge in [-0.3, -0.25) is 9.79 Å². The lowest BCUT2D eigenvalue weighted by Crippen LogP contribution is -2.39. The quantitative estimate of drug-likeness (QED) is 0.273. The highest BCUT2D eigenvalue weighted by atomic mass is 16.1. The van der Waals surface area contributed by atoms with E-state index in [4.69, 9.17) is 4.99 Å². The van der Waals surface area contributed by atoms with Crippen molar-refractivity contribution in [3.05, 3.63) is 47.4 Å². The summed E-state index contributed by atoms with van der Waals surface area (Å²) >= 11 is 0. The average molecular weight is 347 g/mol. The number of hydrogen-bond acceptors (Lipinski definition) is 2. The minimum atomic E-state index is 0.0653. The maximum atomic E-state index is 11.6. The molecule has 0 fully saturated rings. The van der Waals surface area contributed by atoms with Crippen LogP contribution in [0, 0.1) is 0 Å². The van der Waals surface area contributed by atoms with E-state index in [1.54, 1.807) is 16.7 Å². The minimum absolute atomic E-state index is 0.0653. The fourth-order valence-electron chi connectivity index (χ4n) is 2.61. The molecule has 1 N–H and O–H groups in total. The van der Waals surface area contributed by atoms with Crippen LogP contribution in [0.15, 0.2) is 46.8 Å². The number of rotatable bonds is 12. The van der Waals surface area contributed by atoms with E-state index in [9.17, 15) is 4.79 Å². The number of allylic oxidation sites excluding steroid dienone is 1. The number of nitrogens with zero attached hydrogens (tertiary/aromatic N) is 3. The molecule has 0 aromatic carbocycles. The Balaban J connectivity index is 2.32. The second-order valence-electron chi connectivity index (χ2n) is 6.23. The van der Waals surface area contributed by atoms with Crippen LogP contribution in [0.25, 0.3) is 0 Å². The molecule has 1 rings (SSSR count). The number of pyridine rings is 1. The van der Waals surface area contributed by atoms with Gasteiger partial charge in [0.05, 0.1) is 0 Å². The smallest absolute Gasteiger partial charge is 0.250 e. The van der Waals surface area contributed by atoms with Gasteiger partial charge < -0.3 is 14.8 Å². The SMILES string of the molecule is C=CCCCCCN(C)C(=NCCCCn1ccccc1=O)NCC. The minimum Gasteiger partial charge on any atom is -0.357 e. The summed E-state index contributed by atoms with van der Waals surface area (Å²) in [5.74, 6) is 0.975. The van der Waals surface area contributed by atoms with Crippen LogP contribution < -0.4 is 10.9 Å². The molecular weight excluding hydrogens is 312 g/mol. The Hall–Kier alpha value is -2.04. The van der Waals surface area contributed by atoms with Crippen LogP contribution in [0.5, 0.6) is 0 Å². The second-order valence-corrected chi connectivity index (χ2v) is 6.23. The molecule has 0 aliphatic rings. The van der Waals surface area contributed by atoms with Crippen molar-refractivity contribution < 1.29 is 0 Å². The van der Waals surface area contributed by atoms with E-state index in [1.807, 2.05) is 18.3 Å². The third-order valence-electron chi connectivity index (χ3n) is 4.07. The van der Waals surface area contributed by atoms with E-state index in [-0.39, 0.29) is 5.56 Å². The summed E-state index contributed by atoms with van der Waals surface area (Å²) in [5.41, 5.74) is 0.0653. The maximum absolute atomic E-state index is 11.6. The van der Waals surface area contributed by atoms with Crippen LogP contribution in [0.2, 0.25) is 0 Å². The monoisotopic (exact) mass is 346 g/mol. The zero-order valence-electron chi connectivity index (χ0n) is 15.9. The molecule has 0 aliphatic carbocycles. The van der Waals surface area contributed by atoms with Gasteiger partial charge in [0, 0.05) is 45.5 Å². The molecule has 0 radical (unpaired) electrons. The van der Waals surface area contributed by atoms with Crippen molar-refractivity contribution in [1.82, 2.24) is 14.8 Å². The number of aliphatic imine (C=N–C) groups is 1. The largest absolute Gasteiger partial charge is 0.357 e. The lowest BCUT2D eigenvalue weighted by atomic mass is 10.2. The van der Waals surface area contributed by atoms with E-state index in [1.165, 1.54) is 19.3 Å². The van der Waals surface area contributed by atoms with Gasteiger partial charge in [0.15, 0.2) is 5.96 Å². The molecule has 5 heteroatoms. The fraction of sp³-hybridized carbons (Fsp3) is 0.600. The maximum Gasteiger partial charge on any atom is 0.250 e. The van der Waals surface area contributed by atoms with Crippen LogP contribution in [-0.4, -0.2) is 42.1 Å². The van der Waals surface area contributed by atoms with Crippen molar-refractivity contribution in [2.24, 2.45) is 4.99 Å². The first kappa shape index (κ1) is 21.0. The van der Waals surface area contributed by atoms with Crippen LogP contribution in [0.4, 0.5) is 0 Å². The highest BCUT2D eigenvalue weighted by Crippen LogP contribution is 2.02. The van der Waals surface area contributed by atoms with E-state index in [2.05, 4.69) is 30.8 Å². The predicted molar refractivity (Wildman–Crippen MR) is 107 cm³/mol. The number of aromatic nitrogens is 1. The predicted octanol–water partition coefficient (Wildman–Crippen LogP) is 3.27. The number of guanidine groups is 1. The summed E-state index contributed by atoms with van der Waals surface area (Å²) in [6, 6.07) is 5.28. The van der Waals surface area contributed by atoms with Gasteiger partial charge >= 0.3 is 0 Å². The summed E-state index contributed by atoms with van der Waals surface area (Å²) in [5, 5.41) is 3.36. The van der Waals surface area contributed by atoms with Gasteiger partial charge in [-0.25, -0.2) is 0 Å². The van der Waals surface area contributed by atoms with E-state index in [0.717, 1.165) is 51.4 Å². The first-order chi connectivity index (χ1) is 12.2. The Morgan fingerprint density at radius 1 is 1.28 bits per heavy atom. The number of hydrogen-bond donors (Lipinski definition) is 1. The first-order valence-electron chi connectivity index (χ1n) is 9.44. The summed E-state index contributed by atoms with van der Waals surface area (Å²) in [6.45, 7) is 9.28.